The first-order valence-corrected chi connectivity index (χ1v) is 7.20. The molecule has 0 radical (unpaired) electrons. The van der Waals surface area contributed by atoms with E-state index in [4.69, 9.17) is 5.11 Å². The Kier molecular flexibility index (Phi) is 4.46. The number of nitrogens with zero attached hydrogens (tertiary/aromatic N) is 2. The highest BCUT2D eigenvalue weighted by Gasteiger charge is 2.16. The Morgan fingerprint density at radius 1 is 1.52 bits per heavy atom. The molecule has 0 saturated carbocycles. The van der Waals surface area contributed by atoms with Gasteiger partial charge in [-0.3, -0.25) is 4.57 Å². The lowest BCUT2D eigenvalue weighted by Gasteiger charge is -2.09. The van der Waals surface area contributed by atoms with Crippen LogP contribution in [0.4, 0.5) is 4.39 Å². The summed E-state index contributed by atoms with van der Waals surface area (Å²) in [6.45, 7) is 3.68. The minimum atomic E-state index is -1.31. The maximum Gasteiger partial charge on any atom is 0.344 e. The number of hydrogen-bond acceptors (Lipinski definition) is 4. The molecule has 0 bridgehead atoms. The van der Waals surface area contributed by atoms with E-state index in [1.54, 1.807) is 0 Å². The average Bonchev–Trinajstić information content (AvgIpc) is 2.78. The summed E-state index contributed by atoms with van der Waals surface area (Å²) in [5.41, 5.74) is -0.436. The van der Waals surface area contributed by atoms with Crippen LogP contribution in [0.15, 0.2) is 28.2 Å². The fourth-order valence-electron chi connectivity index (χ4n) is 1.85. The second-order valence-corrected chi connectivity index (χ2v) is 5.59. The number of benzene rings is 1. The standard InChI is InChI=1S/C13H14FN3O3S/c1-7(2)17-12(20)15-16-13(17)21-6-8-4-3-5-9(10(8)14)11(18)19/h3-5,7H,6H2,1-2H3,(H,15,20)(H,18,19). The average molecular weight is 311 g/mol. The summed E-state index contributed by atoms with van der Waals surface area (Å²) in [5, 5.41) is 15.6. The van der Waals surface area contributed by atoms with Crippen LogP contribution in [0.25, 0.3) is 0 Å². The highest BCUT2D eigenvalue weighted by Crippen LogP contribution is 2.24. The van der Waals surface area contributed by atoms with Gasteiger partial charge in [-0.05, 0) is 25.5 Å². The lowest BCUT2D eigenvalue weighted by molar-refractivity contribution is 0.0691. The lowest BCUT2D eigenvalue weighted by Crippen LogP contribution is -2.19. The molecule has 0 amide bonds. The van der Waals surface area contributed by atoms with Gasteiger partial charge in [0, 0.05) is 11.8 Å². The van der Waals surface area contributed by atoms with Gasteiger partial charge < -0.3 is 5.11 Å². The van der Waals surface area contributed by atoms with E-state index in [-0.39, 0.29) is 28.6 Å². The molecule has 21 heavy (non-hydrogen) atoms. The van der Waals surface area contributed by atoms with Crippen LogP contribution >= 0.6 is 11.8 Å². The Labute approximate surface area is 124 Å². The van der Waals surface area contributed by atoms with Gasteiger partial charge in [-0.25, -0.2) is 19.1 Å². The van der Waals surface area contributed by atoms with Crippen LogP contribution in [0.5, 0.6) is 0 Å². The van der Waals surface area contributed by atoms with Crippen LogP contribution < -0.4 is 5.69 Å². The number of hydrogen-bond donors (Lipinski definition) is 2. The third-order valence-electron chi connectivity index (χ3n) is 2.85. The summed E-state index contributed by atoms with van der Waals surface area (Å²) in [4.78, 5) is 22.5. The molecule has 6 nitrogen and oxygen atoms in total. The third kappa shape index (κ3) is 3.15. The van der Waals surface area contributed by atoms with Crippen molar-refractivity contribution in [3.63, 3.8) is 0 Å². The molecule has 2 rings (SSSR count). The topological polar surface area (TPSA) is 88.0 Å². The van der Waals surface area contributed by atoms with Crippen LogP contribution in [0.3, 0.4) is 0 Å². The first-order chi connectivity index (χ1) is 9.91. The SMILES string of the molecule is CC(C)n1c(SCc2cccc(C(=O)O)c2F)n[nH]c1=O. The molecular formula is C13H14FN3O3S. The van der Waals surface area contributed by atoms with Crippen molar-refractivity contribution in [2.45, 2.75) is 30.8 Å². The highest BCUT2D eigenvalue weighted by molar-refractivity contribution is 7.98. The molecule has 1 aromatic heterocycles. The van der Waals surface area contributed by atoms with E-state index in [0.29, 0.717) is 5.16 Å². The molecule has 2 N–H and O–H groups in total. The predicted molar refractivity (Wildman–Crippen MR) is 76.2 cm³/mol. The normalized spacial score (nSPS) is 11.0. The number of carbonyl (C=O) groups is 1. The molecule has 2 aromatic rings. The van der Waals surface area contributed by atoms with Crippen LogP contribution in [0.1, 0.15) is 35.8 Å². The van der Waals surface area contributed by atoms with Gasteiger partial charge in [-0.1, -0.05) is 23.9 Å². The van der Waals surface area contributed by atoms with Crippen molar-refractivity contribution in [1.82, 2.24) is 14.8 Å². The smallest absolute Gasteiger partial charge is 0.344 e. The number of halogens is 1. The van der Waals surface area contributed by atoms with Crippen molar-refractivity contribution in [2.75, 3.05) is 0 Å². The van der Waals surface area contributed by atoms with Gasteiger partial charge in [-0.2, -0.15) is 0 Å². The van der Waals surface area contributed by atoms with Crippen LogP contribution in [0, 0.1) is 5.82 Å². The quantitative estimate of drug-likeness (QED) is 0.827. The predicted octanol–water partition coefficient (Wildman–Crippen LogP) is 2.28. The van der Waals surface area contributed by atoms with E-state index >= 15 is 0 Å². The van der Waals surface area contributed by atoms with Gasteiger partial charge >= 0.3 is 11.7 Å². The van der Waals surface area contributed by atoms with E-state index in [1.807, 2.05) is 13.8 Å². The number of aromatic amines is 1. The van der Waals surface area contributed by atoms with Gasteiger partial charge in [0.2, 0.25) is 0 Å². The zero-order valence-electron chi connectivity index (χ0n) is 11.5. The molecule has 8 heteroatoms. The molecule has 0 spiro atoms. The number of nitrogens with one attached hydrogen (secondary N) is 1. The number of aromatic carboxylic acids is 1. The van der Waals surface area contributed by atoms with E-state index < -0.39 is 11.8 Å². The van der Waals surface area contributed by atoms with E-state index in [2.05, 4.69) is 10.2 Å². The van der Waals surface area contributed by atoms with Crippen LogP contribution in [-0.4, -0.2) is 25.8 Å². The first kappa shape index (κ1) is 15.3. The van der Waals surface area contributed by atoms with Crippen molar-refractivity contribution >= 4 is 17.7 Å². The van der Waals surface area contributed by atoms with Gasteiger partial charge in [0.25, 0.3) is 0 Å². The Morgan fingerprint density at radius 3 is 2.86 bits per heavy atom. The maximum atomic E-state index is 14.0. The molecule has 0 saturated heterocycles. The van der Waals surface area contributed by atoms with Gasteiger partial charge in [0.15, 0.2) is 5.16 Å². The number of aromatic nitrogens is 3. The Hall–Kier alpha value is -2.09. The van der Waals surface area contributed by atoms with E-state index in [0.717, 1.165) is 0 Å². The van der Waals surface area contributed by atoms with Gasteiger partial charge in [0.1, 0.15) is 5.82 Å². The fraction of sp³-hybridized carbons (Fsp3) is 0.308. The Balaban J connectivity index is 2.23. The number of rotatable bonds is 5. The number of H-pyrrole nitrogens is 1. The second kappa shape index (κ2) is 6.13. The van der Waals surface area contributed by atoms with Crippen molar-refractivity contribution in [1.29, 1.82) is 0 Å². The van der Waals surface area contributed by atoms with Crippen molar-refractivity contribution in [3.05, 3.63) is 45.6 Å². The maximum absolute atomic E-state index is 14.0. The zero-order valence-corrected chi connectivity index (χ0v) is 12.3. The van der Waals surface area contributed by atoms with Crippen LogP contribution in [-0.2, 0) is 5.75 Å². The number of thioether (sulfide) groups is 1. The summed E-state index contributed by atoms with van der Waals surface area (Å²) in [7, 11) is 0. The Bertz CT molecular complexity index is 724. The monoisotopic (exact) mass is 311 g/mol. The van der Waals surface area contributed by atoms with E-state index in [9.17, 15) is 14.0 Å². The minimum absolute atomic E-state index is 0.0750. The molecular weight excluding hydrogens is 297 g/mol. The van der Waals surface area contributed by atoms with Crippen molar-refractivity contribution in [2.24, 2.45) is 0 Å². The molecule has 0 atom stereocenters. The Morgan fingerprint density at radius 2 is 2.24 bits per heavy atom. The van der Waals surface area contributed by atoms with Crippen molar-refractivity contribution in [3.8, 4) is 0 Å². The van der Waals surface area contributed by atoms with Crippen LogP contribution in [0.2, 0.25) is 0 Å². The highest BCUT2D eigenvalue weighted by atomic mass is 32.2. The summed E-state index contributed by atoms with van der Waals surface area (Å²) in [6.07, 6.45) is 0. The molecule has 0 aliphatic rings. The number of carboxylic acid groups (broad SMARTS) is 1. The zero-order chi connectivity index (χ0) is 15.6. The van der Waals surface area contributed by atoms with Gasteiger partial charge in [0.05, 0.1) is 5.56 Å². The molecule has 1 aromatic carbocycles. The number of carboxylic acids is 1. The largest absolute Gasteiger partial charge is 0.478 e. The summed E-state index contributed by atoms with van der Waals surface area (Å²) < 4.78 is 15.5. The molecule has 0 aliphatic heterocycles. The summed E-state index contributed by atoms with van der Waals surface area (Å²) >= 11 is 1.17. The molecule has 112 valence electrons. The third-order valence-corrected chi connectivity index (χ3v) is 3.86. The van der Waals surface area contributed by atoms with Crippen molar-refractivity contribution < 1.29 is 14.3 Å². The molecule has 0 aliphatic carbocycles. The second-order valence-electron chi connectivity index (χ2n) is 4.65. The van der Waals surface area contributed by atoms with Gasteiger partial charge in [-0.15, -0.1) is 5.10 Å². The minimum Gasteiger partial charge on any atom is -0.478 e. The molecule has 1 heterocycles. The lowest BCUT2D eigenvalue weighted by atomic mass is 10.1. The fourth-order valence-corrected chi connectivity index (χ4v) is 2.90. The summed E-state index contributed by atoms with van der Waals surface area (Å²) in [5.74, 6) is -1.88. The molecule has 0 unspecified atom stereocenters. The first-order valence-electron chi connectivity index (χ1n) is 6.22. The summed E-state index contributed by atoms with van der Waals surface area (Å²) in [6, 6.07) is 4.14. The molecule has 0 fully saturated rings. The van der Waals surface area contributed by atoms with E-state index in [1.165, 1.54) is 34.5 Å².